The van der Waals surface area contributed by atoms with E-state index in [-0.39, 0.29) is 0 Å². The second kappa shape index (κ2) is 8.25. The number of carbonyl (C=O) groups is 1. The van der Waals surface area contributed by atoms with E-state index in [1.165, 1.54) is 0 Å². The number of imidazole rings is 1. The third-order valence-corrected chi connectivity index (χ3v) is 5.07. The summed E-state index contributed by atoms with van der Waals surface area (Å²) in [5.74, 6) is -0.0396. The van der Waals surface area contributed by atoms with E-state index in [4.69, 9.17) is 10.7 Å². The van der Waals surface area contributed by atoms with Crippen LogP contribution in [0.3, 0.4) is 0 Å². The second-order valence-electron chi connectivity index (χ2n) is 7.16. The highest BCUT2D eigenvalue weighted by Crippen LogP contribution is 2.26. The minimum atomic E-state index is -0.926. The summed E-state index contributed by atoms with van der Waals surface area (Å²) in [6.07, 6.45) is 5.06. The van der Waals surface area contributed by atoms with E-state index in [0.29, 0.717) is 23.4 Å². The molecule has 30 heavy (non-hydrogen) atoms. The maximum atomic E-state index is 11.5. The maximum Gasteiger partial charge on any atom is 0.336 e. The molecule has 4 rings (SSSR count). The van der Waals surface area contributed by atoms with Crippen LogP contribution in [0.4, 0.5) is 5.69 Å². The average molecular weight is 397 g/mol. The SMILES string of the molecule is CCC=Cc1nc2ccc(N)cc2n1Cc1ccc(-c2ccccc2C(=O)O)cc1. The quantitative estimate of drug-likeness (QED) is 0.424. The number of nitrogens with two attached hydrogens (primary N) is 1. The molecule has 0 atom stereocenters. The molecule has 0 bridgehead atoms. The number of aromatic carboxylic acids is 1. The molecule has 1 aromatic heterocycles. The topological polar surface area (TPSA) is 81.1 Å². The summed E-state index contributed by atoms with van der Waals surface area (Å²) in [6.45, 7) is 2.74. The van der Waals surface area contributed by atoms with Gasteiger partial charge in [0, 0.05) is 12.2 Å². The molecule has 0 fully saturated rings. The minimum absolute atomic E-state index is 0.299. The van der Waals surface area contributed by atoms with E-state index >= 15 is 0 Å². The zero-order valence-electron chi connectivity index (χ0n) is 16.7. The molecular formula is C25H23N3O2. The van der Waals surface area contributed by atoms with Crippen molar-refractivity contribution in [1.82, 2.24) is 9.55 Å². The van der Waals surface area contributed by atoms with Gasteiger partial charge in [-0.15, -0.1) is 0 Å². The Kier molecular flexibility index (Phi) is 5.35. The van der Waals surface area contributed by atoms with Crippen LogP contribution in [-0.2, 0) is 6.54 Å². The first kappa shape index (κ1) is 19.5. The van der Waals surface area contributed by atoms with Crippen molar-refractivity contribution in [3.8, 4) is 11.1 Å². The maximum absolute atomic E-state index is 11.5. The Morgan fingerprint density at radius 2 is 1.87 bits per heavy atom. The van der Waals surface area contributed by atoms with Crippen molar-refractivity contribution < 1.29 is 9.90 Å². The van der Waals surface area contributed by atoms with E-state index in [0.717, 1.165) is 34.4 Å². The molecule has 0 amide bonds. The number of anilines is 1. The number of benzene rings is 3. The lowest BCUT2D eigenvalue weighted by Crippen LogP contribution is -2.03. The van der Waals surface area contributed by atoms with Gasteiger partial charge in [-0.25, -0.2) is 9.78 Å². The smallest absolute Gasteiger partial charge is 0.336 e. The summed E-state index contributed by atoms with van der Waals surface area (Å²) >= 11 is 0. The number of hydrogen-bond acceptors (Lipinski definition) is 3. The predicted molar refractivity (Wildman–Crippen MR) is 121 cm³/mol. The number of carboxylic acids is 1. The summed E-state index contributed by atoms with van der Waals surface area (Å²) in [5, 5.41) is 9.45. The molecule has 0 radical (unpaired) electrons. The third-order valence-electron chi connectivity index (χ3n) is 5.07. The normalized spacial score (nSPS) is 11.4. The summed E-state index contributed by atoms with van der Waals surface area (Å²) in [6, 6.07) is 20.8. The van der Waals surface area contributed by atoms with Crippen LogP contribution in [0.25, 0.3) is 28.2 Å². The van der Waals surface area contributed by atoms with Crippen molar-refractivity contribution in [2.45, 2.75) is 19.9 Å². The molecule has 0 aliphatic heterocycles. The van der Waals surface area contributed by atoms with Gasteiger partial charge in [0.1, 0.15) is 5.82 Å². The van der Waals surface area contributed by atoms with E-state index in [1.54, 1.807) is 12.1 Å². The van der Waals surface area contributed by atoms with Gasteiger partial charge in [0.25, 0.3) is 0 Å². The molecular weight excluding hydrogens is 374 g/mol. The van der Waals surface area contributed by atoms with Crippen LogP contribution < -0.4 is 5.73 Å². The summed E-state index contributed by atoms with van der Waals surface area (Å²) in [5.41, 5.74) is 11.6. The summed E-state index contributed by atoms with van der Waals surface area (Å²) in [7, 11) is 0. The van der Waals surface area contributed by atoms with E-state index in [2.05, 4.69) is 17.6 Å². The zero-order chi connectivity index (χ0) is 21.1. The van der Waals surface area contributed by atoms with Crippen LogP contribution in [0.5, 0.6) is 0 Å². The van der Waals surface area contributed by atoms with Gasteiger partial charge >= 0.3 is 5.97 Å². The fourth-order valence-corrected chi connectivity index (χ4v) is 3.57. The lowest BCUT2D eigenvalue weighted by atomic mass is 9.99. The van der Waals surface area contributed by atoms with E-state index < -0.39 is 5.97 Å². The molecule has 3 N–H and O–H groups in total. The van der Waals surface area contributed by atoms with Crippen molar-refractivity contribution in [3.05, 3.63) is 89.8 Å². The van der Waals surface area contributed by atoms with Crippen LogP contribution in [0.1, 0.15) is 35.1 Å². The Labute approximate surface area is 175 Å². The molecule has 0 saturated heterocycles. The Hall–Kier alpha value is -3.86. The second-order valence-corrected chi connectivity index (χ2v) is 7.16. The fraction of sp³-hybridized carbons (Fsp3) is 0.120. The first-order valence-corrected chi connectivity index (χ1v) is 9.90. The lowest BCUT2D eigenvalue weighted by Gasteiger charge is -2.10. The van der Waals surface area contributed by atoms with Crippen molar-refractivity contribution in [3.63, 3.8) is 0 Å². The molecule has 1 heterocycles. The number of nitrogens with zero attached hydrogens (tertiary/aromatic N) is 2. The number of hydrogen-bond donors (Lipinski definition) is 2. The molecule has 5 nitrogen and oxygen atoms in total. The largest absolute Gasteiger partial charge is 0.478 e. The van der Waals surface area contributed by atoms with Gasteiger partial charge in [0.05, 0.1) is 16.6 Å². The molecule has 0 saturated carbocycles. The molecule has 0 spiro atoms. The van der Waals surface area contributed by atoms with Crippen LogP contribution in [0, 0.1) is 0 Å². The Balaban J connectivity index is 1.70. The monoisotopic (exact) mass is 397 g/mol. The van der Waals surface area contributed by atoms with Crippen LogP contribution in [0.15, 0.2) is 72.8 Å². The van der Waals surface area contributed by atoms with Crippen molar-refractivity contribution >= 4 is 28.8 Å². The first-order valence-electron chi connectivity index (χ1n) is 9.90. The molecule has 4 aromatic rings. The average Bonchev–Trinajstić information content (AvgIpc) is 3.09. The van der Waals surface area contributed by atoms with Gasteiger partial charge in [-0.1, -0.05) is 55.5 Å². The Morgan fingerprint density at radius 3 is 2.60 bits per heavy atom. The summed E-state index contributed by atoms with van der Waals surface area (Å²) < 4.78 is 2.15. The molecule has 0 aliphatic rings. The van der Waals surface area contributed by atoms with Gasteiger partial charge in [-0.3, -0.25) is 0 Å². The number of carboxylic acid groups (broad SMARTS) is 1. The first-order chi connectivity index (χ1) is 14.6. The third kappa shape index (κ3) is 3.82. The molecule has 0 unspecified atom stereocenters. The van der Waals surface area contributed by atoms with Gasteiger partial charge in [0.15, 0.2) is 0 Å². The highest BCUT2D eigenvalue weighted by molar-refractivity contribution is 5.96. The minimum Gasteiger partial charge on any atom is -0.478 e. The van der Waals surface area contributed by atoms with E-state index in [1.807, 2.05) is 60.7 Å². The predicted octanol–water partition coefficient (Wildman–Crippen LogP) is 5.46. The zero-order valence-corrected chi connectivity index (χ0v) is 16.7. The van der Waals surface area contributed by atoms with Crippen molar-refractivity contribution in [2.24, 2.45) is 0 Å². The Bertz CT molecular complexity index is 1240. The van der Waals surface area contributed by atoms with Gasteiger partial charge in [-0.2, -0.15) is 0 Å². The highest BCUT2D eigenvalue weighted by Gasteiger charge is 2.12. The van der Waals surface area contributed by atoms with Gasteiger partial charge in [-0.05, 0) is 53.5 Å². The Morgan fingerprint density at radius 1 is 1.10 bits per heavy atom. The lowest BCUT2D eigenvalue weighted by molar-refractivity contribution is 0.0697. The fourth-order valence-electron chi connectivity index (χ4n) is 3.57. The summed E-state index contributed by atoms with van der Waals surface area (Å²) in [4.78, 5) is 16.3. The van der Waals surface area contributed by atoms with Crippen LogP contribution in [-0.4, -0.2) is 20.6 Å². The molecule has 3 aromatic carbocycles. The number of allylic oxidation sites excluding steroid dienone is 1. The number of rotatable bonds is 6. The number of aromatic nitrogens is 2. The highest BCUT2D eigenvalue weighted by atomic mass is 16.4. The number of fused-ring (bicyclic) bond motifs is 1. The van der Waals surface area contributed by atoms with Gasteiger partial charge < -0.3 is 15.4 Å². The van der Waals surface area contributed by atoms with Crippen LogP contribution >= 0.6 is 0 Å². The molecule has 5 heteroatoms. The van der Waals surface area contributed by atoms with Gasteiger partial charge in [0.2, 0.25) is 0 Å². The van der Waals surface area contributed by atoms with E-state index in [9.17, 15) is 9.90 Å². The molecule has 150 valence electrons. The standard InChI is InChI=1S/C25H23N3O2/c1-2-3-8-24-27-22-14-13-19(26)15-23(22)28(24)16-17-9-11-18(12-10-17)20-6-4-5-7-21(20)25(29)30/h3-15H,2,16,26H2,1H3,(H,29,30). The van der Waals surface area contributed by atoms with Crippen molar-refractivity contribution in [1.29, 1.82) is 0 Å². The molecule has 0 aliphatic carbocycles. The number of nitrogen functional groups attached to an aromatic ring is 1. The van der Waals surface area contributed by atoms with Crippen LogP contribution in [0.2, 0.25) is 0 Å². The van der Waals surface area contributed by atoms with Crippen molar-refractivity contribution in [2.75, 3.05) is 5.73 Å².